The molecule has 142 valence electrons. The minimum absolute atomic E-state index is 0.0738. The van der Waals surface area contributed by atoms with Crippen LogP contribution in [0.25, 0.3) is 10.9 Å². The van der Waals surface area contributed by atoms with Crippen molar-refractivity contribution < 1.29 is 14.3 Å². The standard InChI is InChI=1S/C20H18N4O4/c1-21-20(27)18-11-23(15-8-4-5-9-17(15)28-18)19(26)12-24-14-7-3-2-6-13(14)16(25)10-22-24/h2-10,18H,11-12H2,1H3,(H,21,27)/t18-/m0/s1. The third kappa shape index (κ3) is 3.09. The van der Waals surface area contributed by atoms with Gasteiger partial charge >= 0.3 is 0 Å². The molecule has 1 aliphatic heterocycles. The lowest BCUT2D eigenvalue weighted by Crippen LogP contribution is -2.50. The van der Waals surface area contributed by atoms with Crippen LogP contribution >= 0.6 is 0 Å². The first-order chi connectivity index (χ1) is 13.6. The number of nitrogens with zero attached hydrogens (tertiary/aromatic N) is 3. The molecule has 8 heteroatoms. The van der Waals surface area contributed by atoms with Crippen LogP contribution in [0.2, 0.25) is 0 Å². The van der Waals surface area contributed by atoms with Gasteiger partial charge in [0.25, 0.3) is 5.91 Å². The van der Waals surface area contributed by atoms with E-state index in [9.17, 15) is 14.4 Å². The predicted molar refractivity (Wildman–Crippen MR) is 103 cm³/mol. The average molecular weight is 378 g/mol. The lowest BCUT2D eigenvalue weighted by molar-refractivity contribution is -0.128. The van der Waals surface area contributed by atoms with Crippen molar-refractivity contribution >= 4 is 28.4 Å². The van der Waals surface area contributed by atoms with Gasteiger partial charge in [-0.05, 0) is 24.3 Å². The highest BCUT2D eigenvalue weighted by atomic mass is 16.5. The maximum absolute atomic E-state index is 13.1. The van der Waals surface area contributed by atoms with Crippen LogP contribution in [-0.4, -0.2) is 41.3 Å². The molecule has 0 aliphatic carbocycles. The monoisotopic (exact) mass is 378 g/mol. The van der Waals surface area contributed by atoms with Crippen molar-refractivity contribution in [2.75, 3.05) is 18.5 Å². The third-order valence-corrected chi connectivity index (χ3v) is 4.66. The van der Waals surface area contributed by atoms with E-state index in [-0.39, 0.29) is 30.3 Å². The summed E-state index contributed by atoms with van der Waals surface area (Å²) < 4.78 is 7.22. The maximum Gasteiger partial charge on any atom is 0.262 e. The number of hydrogen-bond acceptors (Lipinski definition) is 5. The Morgan fingerprint density at radius 1 is 1.18 bits per heavy atom. The molecule has 0 saturated carbocycles. The van der Waals surface area contributed by atoms with Crippen LogP contribution in [0.15, 0.2) is 59.5 Å². The van der Waals surface area contributed by atoms with Gasteiger partial charge in [0.15, 0.2) is 6.10 Å². The molecule has 1 aliphatic rings. The number of carbonyl (C=O) groups excluding carboxylic acids is 2. The van der Waals surface area contributed by atoms with E-state index in [2.05, 4.69) is 10.4 Å². The van der Waals surface area contributed by atoms with Crippen LogP contribution in [0.3, 0.4) is 0 Å². The number of fused-ring (bicyclic) bond motifs is 2. The van der Waals surface area contributed by atoms with Crippen LogP contribution in [-0.2, 0) is 16.1 Å². The van der Waals surface area contributed by atoms with Crippen molar-refractivity contribution in [2.45, 2.75) is 12.6 Å². The van der Waals surface area contributed by atoms with Crippen molar-refractivity contribution in [1.82, 2.24) is 15.1 Å². The van der Waals surface area contributed by atoms with Gasteiger partial charge in [0, 0.05) is 12.4 Å². The maximum atomic E-state index is 13.1. The van der Waals surface area contributed by atoms with Gasteiger partial charge in [-0.25, -0.2) is 0 Å². The summed E-state index contributed by atoms with van der Waals surface area (Å²) in [6.45, 7) is 0.0171. The molecule has 28 heavy (non-hydrogen) atoms. The molecule has 0 unspecified atom stereocenters. The summed E-state index contributed by atoms with van der Waals surface area (Å²) in [4.78, 5) is 38.7. The molecule has 0 bridgehead atoms. The Kier molecular flexibility index (Phi) is 4.52. The first-order valence-electron chi connectivity index (χ1n) is 8.81. The van der Waals surface area contributed by atoms with Crippen LogP contribution in [0.5, 0.6) is 5.75 Å². The highest BCUT2D eigenvalue weighted by Crippen LogP contribution is 2.33. The van der Waals surface area contributed by atoms with Crippen LogP contribution in [0, 0.1) is 0 Å². The molecular weight excluding hydrogens is 360 g/mol. The molecule has 1 atom stereocenters. The second-order valence-corrected chi connectivity index (χ2v) is 6.38. The lowest BCUT2D eigenvalue weighted by atomic mass is 10.1. The number of benzene rings is 2. The molecule has 0 radical (unpaired) electrons. The minimum Gasteiger partial charge on any atom is -0.477 e. The van der Waals surface area contributed by atoms with Crippen molar-refractivity contribution in [1.29, 1.82) is 0 Å². The van der Waals surface area contributed by atoms with Gasteiger partial charge in [0.2, 0.25) is 11.3 Å². The van der Waals surface area contributed by atoms with E-state index in [1.165, 1.54) is 22.8 Å². The van der Waals surface area contributed by atoms with Crippen molar-refractivity contribution in [3.05, 3.63) is 65.0 Å². The number of aromatic nitrogens is 2. The number of anilines is 1. The molecule has 3 aromatic rings. The van der Waals surface area contributed by atoms with E-state index in [1.54, 1.807) is 48.5 Å². The summed E-state index contributed by atoms with van der Waals surface area (Å²) in [5.41, 5.74) is 0.974. The van der Waals surface area contributed by atoms with Gasteiger partial charge < -0.3 is 15.0 Å². The van der Waals surface area contributed by atoms with Crippen LogP contribution < -0.4 is 20.4 Å². The molecule has 1 N–H and O–H groups in total. The van der Waals surface area contributed by atoms with Crippen LogP contribution in [0.1, 0.15) is 0 Å². The number of amides is 2. The zero-order valence-electron chi connectivity index (χ0n) is 15.2. The number of carbonyl (C=O) groups is 2. The number of likely N-dealkylation sites (N-methyl/N-ethyl adjacent to an activating group) is 1. The number of nitrogens with one attached hydrogen (secondary N) is 1. The van der Waals surface area contributed by atoms with Gasteiger partial charge in [-0.15, -0.1) is 0 Å². The van der Waals surface area contributed by atoms with E-state index < -0.39 is 6.10 Å². The Bertz CT molecular complexity index is 1120. The largest absolute Gasteiger partial charge is 0.477 e. The van der Waals surface area contributed by atoms with Crippen molar-refractivity contribution in [3.63, 3.8) is 0 Å². The molecule has 0 fully saturated rings. The first kappa shape index (κ1) is 17.7. The Labute approximate surface area is 160 Å². The molecule has 2 amide bonds. The summed E-state index contributed by atoms with van der Waals surface area (Å²) in [5, 5.41) is 7.16. The van der Waals surface area contributed by atoms with E-state index in [4.69, 9.17) is 4.74 Å². The van der Waals surface area contributed by atoms with Gasteiger partial charge in [0.1, 0.15) is 12.3 Å². The molecule has 4 rings (SSSR count). The Morgan fingerprint density at radius 2 is 1.93 bits per heavy atom. The van der Waals surface area contributed by atoms with Crippen molar-refractivity contribution in [2.24, 2.45) is 0 Å². The molecule has 0 saturated heterocycles. The summed E-state index contributed by atoms with van der Waals surface area (Å²) in [7, 11) is 1.52. The number of hydrogen-bond donors (Lipinski definition) is 1. The van der Waals surface area contributed by atoms with E-state index in [0.29, 0.717) is 22.3 Å². The Hall–Kier alpha value is -3.68. The van der Waals surface area contributed by atoms with E-state index in [0.717, 1.165) is 0 Å². The minimum atomic E-state index is -0.803. The van der Waals surface area contributed by atoms with Gasteiger partial charge in [0.05, 0.1) is 23.9 Å². The lowest BCUT2D eigenvalue weighted by Gasteiger charge is -2.34. The molecule has 8 nitrogen and oxygen atoms in total. The zero-order valence-corrected chi connectivity index (χ0v) is 15.2. The number of para-hydroxylation sites is 3. The Morgan fingerprint density at radius 3 is 2.75 bits per heavy atom. The van der Waals surface area contributed by atoms with Crippen LogP contribution in [0.4, 0.5) is 5.69 Å². The highest BCUT2D eigenvalue weighted by Gasteiger charge is 2.33. The normalized spacial score (nSPS) is 15.6. The summed E-state index contributed by atoms with van der Waals surface area (Å²) in [6, 6.07) is 14.1. The van der Waals surface area contributed by atoms with Gasteiger partial charge in [-0.1, -0.05) is 24.3 Å². The van der Waals surface area contributed by atoms with Gasteiger partial charge in [-0.3, -0.25) is 19.1 Å². The van der Waals surface area contributed by atoms with E-state index in [1.807, 2.05) is 0 Å². The second-order valence-electron chi connectivity index (χ2n) is 6.38. The fourth-order valence-electron chi connectivity index (χ4n) is 3.27. The highest BCUT2D eigenvalue weighted by molar-refractivity contribution is 5.97. The molecule has 0 spiro atoms. The predicted octanol–water partition coefficient (Wildman–Crippen LogP) is 0.937. The molecular formula is C20H18N4O4. The number of ether oxygens (including phenoxy) is 1. The summed E-state index contributed by atoms with van der Waals surface area (Å²) in [5.74, 6) is -0.0985. The third-order valence-electron chi connectivity index (χ3n) is 4.66. The first-order valence-corrected chi connectivity index (χ1v) is 8.81. The average Bonchev–Trinajstić information content (AvgIpc) is 2.74. The molecule has 2 heterocycles. The topological polar surface area (TPSA) is 93.5 Å². The molecule has 2 aromatic carbocycles. The quantitative estimate of drug-likeness (QED) is 0.732. The molecule has 1 aromatic heterocycles. The smallest absolute Gasteiger partial charge is 0.262 e. The van der Waals surface area contributed by atoms with E-state index >= 15 is 0 Å². The van der Waals surface area contributed by atoms with Crippen molar-refractivity contribution in [3.8, 4) is 5.75 Å². The SMILES string of the molecule is CNC(=O)[C@@H]1CN(C(=O)Cn2ncc(=O)c3ccccc32)c2ccccc2O1. The summed E-state index contributed by atoms with van der Waals surface area (Å²) in [6.07, 6.45) is 0.401. The second kappa shape index (κ2) is 7.15. The Balaban J connectivity index is 1.69. The number of rotatable bonds is 3. The summed E-state index contributed by atoms with van der Waals surface area (Å²) >= 11 is 0. The zero-order chi connectivity index (χ0) is 19.7. The van der Waals surface area contributed by atoms with Gasteiger partial charge in [-0.2, -0.15) is 5.10 Å². The fourth-order valence-corrected chi connectivity index (χ4v) is 3.27. The fraction of sp³-hybridized carbons (Fsp3) is 0.200.